The fourth-order valence-electron chi connectivity index (χ4n) is 2.87. The smallest absolute Gasteiger partial charge is 0.339 e. The van der Waals surface area contributed by atoms with Crippen molar-refractivity contribution in [3.05, 3.63) is 57.9 Å². The third kappa shape index (κ3) is 3.01. The normalized spacial score (nSPS) is 15.9. The van der Waals surface area contributed by atoms with Crippen molar-refractivity contribution in [2.75, 3.05) is 11.5 Å². The van der Waals surface area contributed by atoms with Gasteiger partial charge in [0.1, 0.15) is 0 Å². The number of anilines is 1. The van der Waals surface area contributed by atoms with Crippen LogP contribution in [0.5, 0.6) is 5.88 Å². The first-order valence-corrected chi connectivity index (χ1v) is 7.46. The highest BCUT2D eigenvalue weighted by molar-refractivity contribution is 5.99. The summed E-state index contributed by atoms with van der Waals surface area (Å²) in [7, 11) is 0. The number of carbonyl (C=O) groups excluding carboxylic acids is 2. The maximum absolute atomic E-state index is 12.4. The molecule has 1 atom stereocenters. The summed E-state index contributed by atoms with van der Waals surface area (Å²) in [4.78, 5) is 39.3. The summed E-state index contributed by atoms with van der Waals surface area (Å²) < 4.78 is 4.98. The molecule has 7 heteroatoms. The van der Waals surface area contributed by atoms with Gasteiger partial charge < -0.3 is 14.7 Å². The molecule has 0 unspecified atom stereocenters. The number of benzene rings is 1. The number of esters is 1. The molecule has 0 spiro atoms. The van der Waals surface area contributed by atoms with Gasteiger partial charge in [-0.2, -0.15) is 0 Å². The largest absolute Gasteiger partial charge is 0.494 e. The molecule has 0 saturated carbocycles. The first kappa shape index (κ1) is 15.8. The van der Waals surface area contributed by atoms with Gasteiger partial charge in [-0.1, -0.05) is 18.2 Å². The zero-order chi connectivity index (χ0) is 17.3. The predicted octanol–water partition coefficient (Wildman–Crippen LogP) is 1.22. The molecule has 0 fully saturated rings. The van der Waals surface area contributed by atoms with Crippen LogP contribution in [-0.2, 0) is 16.0 Å². The number of pyridine rings is 1. The molecule has 1 aromatic heterocycles. The number of amides is 1. The van der Waals surface area contributed by atoms with E-state index in [9.17, 15) is 19.5 Å². The first-order valence-electron chi connectivity index (χ1n) is 7.46. The Morgan fingerprint density at radius 2 is 2.08 bits per heavy atom. The monoisotopic (exact) mass is 328 g/mol. The number of ether oxygens (including phenoxy) is 1. The van der Waals surface area contributed by atoms with Crippen LogP contribution in [0.15, 0.2) is 41.2 Å². The highest BCUT2D eigenvalue weighted by Gasteiger charge is 2.31. The maximum atomic E-state index is 12.4. The molecular weight excluding hydrogens is 312 g/mol. The van der Waals surface area contributed by atoms with Gasteiger partial charge in [-0.15, -0.1) is 0 Å². The summed E-state index contributed by atoms with van der Waals surface area (Å²) >= 11 is 0. The van der Waals surface area contributed by atoms with E-state index in [0.29, 0.717) is 0 Å². The van der Waals surface area contributed by atoms with Gasteiger partial charge in [-0.3, -0.25) is 14.6 Å². The summed E-state index contributed by atoms with van der Waals surface area (Å²) in [5, 5.41) is 9.30. The molecule has 1 aromatic carbocycles. The Hall–Kier alpha value is -3.09. The van der Waals surface area contributed by atoms with Gasteiger partial charge in [0, 0.05) is 23.9 Å². The van der Waals surface area contributed by atoms with Crippen molar-refractivity contribution in [1.82, 2.24) is 4.98 Å². The molecule has 0 saturated heterocycles. The van der Waals surface area contributed by atoms with E-state index in [1.54, 1.807) is 4.90 Å². The summed E-state index contributed by atoms with van der Waals surface area (Å²) in [5.74, 6) is -1.62. The highest BCUT2D eigenvalue weighted by Crippen LogP contribution is 2.31. The van der Waals surface area contributed by atoms with E-state index in [2.05, 4.69) is 4.98 Å². The van der Waals surface area contributed by atoms with E-state index in [4.69, 9.17) is 4.74 Å². The Bertz CT molecular complexity index is 858. The average Bonchev–Trinajstić information content (AvgIpc) is 2.87. The van der Waals surface area contributed by atoms with Crippen molar-refractivity contribution in [3.63, 3.8) is 0 Å². The lowest BCUT2D eigenvalue weighted by Gasteiger charge is -2.22. The van der Waals surface area contributed by atoms with Gasteiger partial charge >= 0.3 is 5.97 Å². The van der Waals surface area contributed by atoms with Crippen LogP contribution < -0.4 is 10.5 Å². The van der Waals surface area contributed by atoms with Crippen molar-refractivity contribution in [2.24, 2.45) is 0 Å². The minimum atomic E-state index is -0.843. The molecule has 0 bridgehead atoms. The van der Waals surface area contributed by atoms with Gasteiger partial charge in [0.25, 0.3) is 11.5 Å². The molecule has 24 heavy (non-hydrogen) atoms. The van der Waals surface area contributed by atoms with Crippen LogP contribution in [0.25, 0.3) is 0 Å². The topological polar surface area (TPSA) is 99.7 Å². The van der Waals surface area contributed by atoms with Crippen LogP contribution in [0.3, 0.4) is 0 Å². The fourth-order valence-corrected chi connectivity index (χ4v) is 2.87. The molecule has 0 radical (unpaired) electrons. The molecule has 3 rings (SSSR count). The van der Waals surface area contributed by atoms with Crippen LogP contribution >= 0.6 is 0 Å². The molecule has 0 aliphatic carbocycles. The van der Waals surface area contributed by atoms with Crippen LogP contribution in [-0.4, -0.2) is 34.6 Å². The van der Waals surface area contributed by atoms with E-state index < -0.39 is 24.0 Å². The number of aromatic amines is 1. The van der Waals surface area contributed by atoms with Gasteiger partial charge in [0.2, 0.25) is 0 Å². The standard InChI is InChI=1S/C17H16N2O5/c1-10-6-11-4-2-3-5-13(11)19(10)16(22)9-24-17(23)12-7-14(20)18-15(21)8-12/h2-5,7-8,10H,6,9H2,1H3,(H2,18,20,21)/t10-/m0/s1. The Morgan fingerprint density at radius 1 is 1.33 bits per heavy atom. The average molecular weight is 328 g/mol. The summed E-state index contributed by atoms with van der Waals surface area (Å²) in [6.45, 7) is 1.49. The zero-order valence-electron chi connectivity index (χ0n) is 13.0. The number of aromatic hydroxyl groups is 1. The Balaban J connectivity index is 1.70. The lowest BCUT2D eigenvalue weighted by Crippen LogP contribution is -2.38. The number of fused-ring (bicyclic) bond motifs is 1. The molecule has 2 N–H and O–H groups in total. The van der Waals surface area contributed by atoms with Crippen molar-refractivity contribution in [2.45, 2.75) is 19.4 Å². The minimum Gasteiger partial charge on any atom is -0.494 e. The van der Waals surface area contributed by atoms with E-state index >= 15 is 0 Å². The van der Waals surface area contributed by atoms with Crippen molar-refractivity contribution < 1.29 is 19.4 Å². The number of rotatable bonds is 3. The van der Waals surface area contributed by atoms with Crippen molar-refractivity contribution >= 4 is 17.6 Å². The lowest BCUT2D eigenvalue weighted by molar-refractivity contribution is -0.122. The summed E-state index contributed by atoms with van der Waals surface area (Å²) in [6.07, 6.45) is 0.748. The molecule has 1 aliphatic heterocycles. The van der Waals surface area contributed by atoms with Crippen LogP contribution in [0.4, 0.5) is 5.69 Å². The number of hydrogen-bond acceptors (Lipinski definition) is 5. The maximum Gasteiger partial charge on any atom is 0.339 e. The second kappa shape index (κ2) is 6.19. The Labute approximate surface area is 137 Å². The lowest BCUT2D eigenvalue weighted by atomic mass is 10.1. The highest BCUT2D eigenvalue weighted by atomic mass is 16.5. The van der Waals surface area contributed by atoms with Crippen LogP contribution in [0.1, 0.15) is 22.8 Å². The number of para-hydroxylation sites is 1. The fraction of sp³-hybridized carbons (Fsp3) is 0.235. The molecule has 124 valence electrons. The van der Waals surface area contributed by atoms with E-state index in [1.165, 1.54) is 0 Å². The summed E-state index contributed by atoms with van der Waals surface area (Å²) in [5.41, 5.74) is 1.15. The van der Waals surface area contributed by atoms with Crippen molar-refractivity contribution in [3.8, 4) is 5.88 Å². The molecular formula is C17H16N2O5. The molecule has 1 amide bonds. The number of hydrogen-bond donors (Lipinski definition) is 2. The number of H-pyrrole nitrogens is 1. The third-order valence-electron chi connectivity index (χ3n) is 3.87. The second-order valence-electron chi connectivity index (χ2n) is 5.64. The number of nitrogens with zero attached hydrogens (tertiary/aromatic N) is 1. The molecule has 2 aromatic rings. The Morgan fingerprint density at radius 3 is 2.83 bits per heavy atom. The van der Waals surface area contributed by atoms with Crippen LogP contribution in [0.2, 0.25) is 0 Å². The van der Waals surface area contributed by atoms with Crippen LogP contribution in [0, 0.1) is 0 Å². The predicted molar refractivity (Wildman–Crippen MR) is 86.1 cm³/mol. The molecule has 1 aliphatic rings. The van der Waals surface area contributed by atoms with Gasteiger partial charge in [0.15, 0.2) is 12.5 Å². The quantitative estimate of drug-likeness (QED) is 0.825. The minimum absolute atomic E-state index is 0.0165. The number of aromatic nitrogens is 1. The van der Waals surface area contributed by atoms with Gasteiger partial charge in [0.05, 0.1) is 5.56 Å². The third-order valence-corrected chi connectivity index (χ3v) is 3.87. The number of nitrogens with one attached hydrogen (secondary N) is 1. The number of carbonyl (C=O) groups is 2. The van der Waals surface area contributed by atoms with Gasteiger partial charge in [-0.25, -0.2) is 4.79 Å². The van der Waals surface area contributed by atoms with Gasteiger partial charge in [-0.05, 0) is 25.0 Å². The zero-order valence-corrected chi connectivity index (χ0v) is 13.0. The van der Waals surface area contributed by atoms with E-state index in [1.807, 2.05) is 31.2 Å². The first-order chi connectivity index (χ1) is 11.5. The van der Waals surface area contributed by atoms with Crippen molar-refractivity contribution in [1.29, 1.82) is 0 Å². The van der Waals surface area contributed by atoms with E-state index in [0.717, 1.165) is 29.8 Å². The summed E-state index contributed by atoms with van der Waals surface area (Å²) in [6, 6.07) is 9.64. The molecule has 7 nitrogen and oxygen atoms in total. The SMILES string of the molecule is C[C@H]1Cc2ccccc2N1C(=O)COC(=O)c1cc(O)[nH]c(=O)c1. The molecule has 2 heterocycles. The second-order valence-corrected chi connectivity index (χ2v) is 5.64. The van der Waals surface area contributed by atoms with E-state index in [-0.39, 0.29) is 17.5 Å². The Kier molecular flexibility index (Phi) is 4.07.